The van der Waals surface area contributed by atoms with Crippen molar-refractivity contribution in [1.29, 1.82) is 0 Å². The van der Waals surface area contributed by atoms with E-state index in [1.54, 1.807) is 12.2 Å². The van der Waals surface area contributed by atoms with Crippen molar-refractivity contribution in [2.75, 3.05) is 0 Å². The molecule has 0 bridgehead atoms. The topological polar surface area (TPSA) is 0 Å². The van der Waals surface area contributed by atoms with Gasteiger partial charge in [0, 0.05) is 0 Å². The molecule has 0 nitrogen and oxygen atoms in total. The number of hydrogen-bond acceptors (Lipinski definition) is 0. The second-order valence-electron chi connectivity index (χ2n) is 3.03. The smallest absolute Gasteiger partial charge is 0 e. The zero-order valence-electron chi connectivity index (χ0n) is 9.29. The van der Waals surface area contributed by atoms with E-state index in [1.807, 2.05) is 24.3 Å². The molecule has 0 saturated heterocycles. The number of hydrogen-bond donors (Lipinski definition) is 0. The third-order valence-electron chi connectivity index (χ3n) is 2.16. The van der Waals surface area contributed by atoms with Gasteiger partial charge < -0.3 is 0 Å². The molecule has 0 saturated carbocycles. The normalized spacial score (nSPS) is 8.75. The molecule has 0 radical (unpaired) electrons. The molecule has 2 aromatic rings. The van der Waals surface area contributed by atoms with Crippen LogP contribution in [0.25, 0.3) is 22.9 Å². The van der Waals surface area contributed by atoms with Crippen molar-refractivity contribution in [2.24, 2.45) is 0 Å². The van der Waals surface area contributed by atoms with Crippen molar-refractivity contribution in [1.82, 2.24) is 0 Å². The number of benzene rings is 2. The van der Waals surface area contributed by atoms with Crippen LogP contribution in [0.2, 0.25) is 0 Å². The first-order valence-corrected chi connectivity index (χ1v) is 4.47. The van der Waals surface area contributed by atoms with E-state index >= 15 is 0 Å². The molecule has 0 unspecified atom stereocenters. The average Bonchev–Trinajstić information content (AvgIpc) is 2.27. The van der Waals surface area contributed by atoms with E-state index in [2.05, 4.69) is 25.3 Å². The van der Waals surface area contributed by atoms with Gasteiger partial charge in [-0.3, -0.25) is 0 Å². The van der Waals surface area contributed by atoms with Gasteiger partial charge in [0.25, 0.3) is 0 Å². The first-order valence-electron chi connectivity index (χ1n) is 4.47. The average molecular weight is 712 g/mol. The maximum absolute atomic E-state index is 3.75. The molecular weight excluding hydrogens is 702 g/mol. The summed E-state index contributed by atoms with van der Waals surface area (Å²) in [5, 5.41) is 2.13. The van der Waals surface area contributed by atoms with Gasteiger partial charge in [-0.25, -0.2) is 0 Å². The Kier molecular flexibility index (Phi) is 3.37. The van der Waals surface area contributed by atoms with Gasteiger partial charge in [-0.15, -0.1) is 25.3 Å². The molecule has 0 fully saturated rings. The molecule has 0 N–H and O–H groups in total. The maximum Gasteiger partial charge on any atom is 0 e. The van der Waals surface area contributed by atoms with Crippen LogP contribution in [0.1, 0.15) is 11.1 Å². The molecule has 0 atom stereocenters. The summed E-state index contributed by atoms with van der Waals surface area (Å²) in [5.41, 5.74) is 1.91. The van der Waals surface area contributed by atoms with Crippen LogP contribution in [0.5, 0.6) is 0 Å². The van der Waals surface area contributed by atoms with Gasteiger partial charge in [0.1, 0.15) is 0 Å². The second kappa shape index (κ2) is 4.43. The molecular formula is C14H10Rf2-2. The Morgan fingerprint density at radius 2 is 1.19 bits per heavy atom. The standard InChI is InChI=1S/C14H10.2Rf/c1-3-11-9-13-7-5-6-8-14(13)10-12(11)4-2;;/h3-8H,1-2H2;;/q-2;;. The molecule has 2 heteroatoms. The maximum atomic E-state index is 3.75. The summed E-state index contributed by atoms with van der Waals surface area (Å²) in [5.74, 6) is 0. The first-order chi connectivity index (χ1) is 6.85. The third-order valence-corrected chi connectivity index (χ3v) is 2.16. The zero-order valence-corrected chi connectivity index (χ0v) is 22.1. The quantitative estimate of drug-likeness (QED) is 0.417. The van der Waals surface area contributed by atoms with Crippen LogP contribution in [-0.2, 0) is 0 Å². The molecule has 0 heterocycles. The van der Waals surface area contributed by atoms with E-state index in [0.717, 1.165) is 21.9 Å². The van der Waals surface area contributed by atoms with Crippen LogP contribution >= 0.6 is 0 Å². The van der Waals surface area contributed by atoms with Crippen LogP contribution < -0.4 is 0 Å². The summed E-state index contributed by atoms with van der Waals surface area (Å²) >= 11 is 0. The Labute approximate surface area is 84.2 Å². The monoisotopic (exact) mass is 712 g/mol. The summed E-state index contributed by atoms with van der Waals surface area (Å²) in [6, 6.07) is 14.6. The Morgan fingerprint density at radius 3 is 1.50 bits per heavy atom. The molecule has 72 valence electrons. The summed E-state index contributed by atoms with van der Waals surface area (Å²) in [7, 11) is 0. The predicted molar refractivity (Wildman–Crippen MR) is 61.8 cm³/mol. The largest absolute Gasteiger partial charge is 0.199 e. The molecule has 0 aliphatic rings. The van der Waals surface area contributed by atoms with Crippen molar-refractivity contribution >= 4 is 22.9 Å². The first kappa shape index (κ1) is 12.2. The molecule has 0 spiro atoms. The third kappa shape index (κ3) is 1.60. The fourth-order valence-electron chi connectivity index (χ4n) is 1.45. The second-order valence-corrected chi connectivity index (χ2v) is 3.03. The summed E-state index contributed by atoms with van der Waals surface area (Å²) in [6.07, 6.45) is 3.56. The van der Waals surface area contributed by atoms with Crippen molar-refractivity contribution in [3.8, 4) is 0 Å². The van der Waals surface area contributed by atoms with E-state index < -0.39 is 0 Å². The minimum Gasteiger partial charge on any atom is -0.199 e. The van der Waals surface area contributed by atoms with Crippen molar-refractivity contribution in [3.63, 3.8) is 0 Å². The van der Waals surface area contributed by atoms with E-state index in [0.29, 0.717) is 0 Å². The Bertz CT molecular complexity index is 455. The van der Waals surface area contributed by atoms with Crippen LogP contribution in [-0.4, -0.2) is 0 Å². The Balaban J connectivity index is 0.00000112. The van der Waals surface area contributed by atoms with E-state index in [1.165, 1.54) is 0 Å². The van der Waals surface area contributed by atoms with E-state index in [-0.39, 0.29) is 0 Å². The van der Waals surface area contributed by atoms with Gasteiger partial charge in [0.05, 0.1) is 0 Å². The molecule has 16 heavy (non-hydrogen) atoms. The van der Waals surface area contributed by atoms with Crippen molar-refractivity contribution in [2.45, 2.75) is 0 Å². The number of rotatable bonds is 2. The minimum absolute atomic E-state index is 0. The SMILES string of the molecule is C=Cc1[c-]c2ccccc2[c-]c1C=C.[Rf].[Rf]. The van der Waals surface area contributed by atoms with Gasteiger partial charge in [0.15, 0.2) is 0 Å². The Hall–Kier alpha value is -3.82. The molecule has 0 aromatic heterocycles. The fraction of sp³-hybridized carbons (Fsp3) is 0. The van der Waals surface area contributed by atoms with Crippen LogP contribution in [0.3, 0.4) is 0 Å². The van der Waals surface area contributed by atoms with Gasteiger partial charge in [-0.1, -0.05) is 0 Å². The minimum atomic E-state index is 0. The predicted octanol–water partition coefficient (Wildman–Crippen LogP) is 3.73. The molecule has 0 aliphatic carbocycles. The number of fused-ring (bicyclic) bond motifs is 1. The van der Waals surface area contributed by atoms with Crippen molar-refractivity contribution < 1.29 is 0 Å². The van der Waals surface area contributed by atoms with Crippen LogP contribution in [0.4, 0.5) is 0 Å². The van der Waals surface area contributed by atoms with Crippen LogP contribution in [0, 0.1) is 12.1 Å². The molecule has 2 rings (SSSR count). The molecule has 2 aromatic carbocycles. The molecule has 0 amide bonds. The van der Waals surface area contributed by atoms with Crippen molar-refractivity contribution in [3.05, 3.63) is 60.7 Å². The zero-order chi connectivity index (χ0) is 9.97. The van der Waals surface area contributed by atoms with Crippen LogP contribution in [0.15, 0.2) is 37.4 Å². The summed E-state index contributed by atoms with van der Waals surface area (Å²) in [6.45, 7) is 7.49. The summed E-state index contributed by atoms with van der Waals surface area (Å²) < 4.78 is 0. The van der Waals surface area contributed by atoms with Gasteiger partial charge >= 0.3 is 0 Å². The van der Waals surface area contributed by atoms with Gasteiger partial charge in [0.2, 0.25) is 0 Å². The summed E-state index contributed by atoms with van der Waals surface area (Å²) in [4.78, 5) is 0. The molecule has 0 aliphatic heterocycles. The van der Waals surface area contributed by atoms with E-state index in [4.69, 9.17) is 0 Å². The fourth-order valence-corrected chi connectivity index (χ4v) is 1.45. The van der Waals surface area contributed by atoms with Gasteiger partial charge in [-0.2, -0.15) is 58.3 Å². The van der Waals surface area contributed by atoms with E-state index in [9.17, 15) is 0 Å². The Morgan fingerprint density at radius 1 is 0.812 bits per heavy atom. The van der Waals surface area contributed by atoms with Gasteiger partial charge in [-0.05, 0) is 0 Å².